The predicted molar refractivity (Wildman–Crippen MR) is 97.8 cm³/mol. The van der Waals surface area contributed by atoms with Crippen LogP contribution in [0.15, 0.2) is 77.0 Å². The molecule has 0 amide bonds. The first-order chi connectivity index (χ1) is 12.3. The van der Waals surface area contributed by atoms with Gasteiger partial charge in [0.1, 0.15) is 17.4 Å². The molecule has 3 heterocycles. The van der Waals surface area contributed by atoms with Gasteiger partial charge in [-0.1, -0.05) is 12.1 Å². The molecule has 122 valence electrons. The molecule has 1 aliphatic heterocycles. The highest BCUT2D eigenvalue weighted by molar-refractivity contribution is 6.26. The van der Waals surface area contributed by atoms with Crippen molar-refractivity contribution in [2.45, 2.75) is 0 Å². The highest BCUT2D eigenvalue weighted by Gasteiger charge is 2.23. The number of nitrogens with zero attached hydrogens (tertiary/aromatic N) is 4. The topological polar surface area (TPSA) is 71.8 Å². The van der Waals surface area contributed by atoms with Crippen LogP contribution in [-0.4, -0.2) is 28.7 Å². The van der Waals surface area contributed by atoms with Gasteiger partial charge in [-0.25, -0.2) is 20.0 Å². The molecule has 0 fully saturated rings. The average molecular weight is 329 g/mol. The second-order valence-corrected chi connectivity index (χ2v) is 5.34. The lowest BCUT2D eigenvalue weighted by molar-refractivity contribution is 0.414. The second kappa shape index (κ2) is 6.52. The van der Waals surface area contributed by atoms with Gasteiger partial charge < -0.3 is 10.1 Å². The van der Waals surface area contributed by atoms with E-state index in [0.717, 1.165) is 22.7 Å². The minimum Gasteiger partial charge on any atom is -0.497 e. The van der Waals surface area contributed by atoms with E-state index in [1.54, 1.807) is 19.5 Å². The number of methoxy groups -OCH3 is 1. The fourth-order valence-corrected chi connectivity index (χ4v) is 2.54. The van der Waals surface area contributed by atoms with E-state index in [2.05, 4.69) is 25.3 Å². The summed E-state index contributed by atoms with van der Waals surface area (Å²) in [6, 6.07) is 17.1. The van der Waals surface area contributed by atoms with Gasteiger partial charge in [0.2, 0.25) is 0 Å². The molecular formula is C19H15N5O. The average Bonchev–Trinajstić information content (AvgIpc) is 3.00. The molecule has 0 aliphatic carbocycles. The minimum absolute atomic E-state index is 0.589. The highest BCUT2D eigenvalue weighted by atomic mass is 16.5. The second-order valence-electron chi connectivity index (χ2n) is 5.34. The normalized spacial score (nSPS) is 14.1. The number of benzene rings is 1. The monoisotopic (exact) mass is 329 g/mol. The number of fused-ring (bicyclic) bond motifs is 1. The lowest BCUT2D eigenvalue weighted by Crippen LogP contribution is -2.12. The Hall–Kier alpha value is -3.54. The van der Waals surface area contributed by atoms with Gasteiger partial charge in [-0.05, 0) is 42.5 Å². The molecule has 6 nitrogen and oxygen atoms in total. The summed E-state index contributed by atoms with van der Waals surface area (Å²) in [5.41, 5.74) is 1.84. The number of ether oxygens (including phenoxy) is 1. The molecule has 25 heavy (non-hydrogen) atoms. The summed E-state index contributed by atoms with van der Waals surface area (Å²) in [5, 5.41) is 3.25. The van der Waals surface area contributed by atoms with Crippen molar-refractivity contribution in [2.24, 2.45) is 9.98 Å². The van der Waals surface area contributed by atoms with Gasteiger partial charge in [0.15, 0.2) is 11.7 Å². The Balaban J connectivity index is 1.78. The lowest BCUT2D eigenvalue weighted by atomic mass is 10.1. The van der Waals surface area contributed by atoms with Crippen LogP contribution in [0.4, 0.5) is 11.6 Å². The summed E-state index contributed by atoms with van der Waals surface area (Å²) < 4.78 is 5.34. The predicted octanol–water partition coefficient (Wildman–Crippen LogP) is 3.44. The Bertz CT molecular complexity index is 952. The quantitative estimate of drug-likeness (QED) is 0.799. The van der Waals surface area contributed by atoms with Crippen molar-refractivity contribution in [1.29, 1.82) is 0 Å². The van der Waals surface area contributed by atoms with Crippen LogP contribution < -0.4 is 10.1 Å². The number of hydrogen-bond acceptors (Lipinski definition) is 5. The number of pyridine rings is 2. The van der Waals surface area contributed by atoms with Crippen molar-refractivity contribution < 1.29 is 4.74 Å². The first-order valence-corrected chi connectivity index (χ1v) is 7.79. The standard InChI is InChI=1S/C19H15N5O/c1-25-13-8-9-14-15(12-13)19(23-17-7-3-5-11-21-17)24-18(14)22-16-6-2-4-10-20-16/h2-12H,1H3,(H,20,21,22,23,24). The molecule has 0 saturated carbocycles. The molecule has 6 heteroatoms. The van der Waals surface area contributed by atoms with Crippen molar-refractivity contribution in [3.8, 4) is 5.75 Å². The van der Waals surface area contributed by atoms with Crippen molar-refractivity contribution in [2.75, 3.05) is 12.4 Å². The Morgan fingerprint density at radius 2 is 1.76 bits per heavy atom. The number of aliphatic imine (C=N–C) groups is 2. The van der Waals surface area contributed by atoms with Gasteiger partial charge in [-0.3, -0.25) is 0 Å². The van der Waals surface area contributed by atoms with Crippen LogP contribution in [0, 0.1) is 0 Å². The number of amidine groups is 2. The minimum atomic E-state index is 0.589. The third kappa shape index (κ3) is 3.10. The Morgan fingerprint density at radius 3 is 2.48 bits per heavy atom. The van der Waals surface area contributed by atoms with Crippen LogP contribution in [0.3, 0.4) is 0 Å². The van der Waals surface area contributed by atoms with E-state index in [1.165, 1.54) is 0 Å². The molecule has 0 atom stereocenters. The Labute approximate surface area is 145 Å². The molecule has 1 N–H and O–H groups in total. The van der Waals surface area contributed by atoms with Crippen LogP contribution in [-0.2, 0) is 0 Å². The molecular weight excluding hydrogens is 314 g/mol. The van der Waals surface area contributed by atoms with E-state index < -0.39 is 0 Å². The maximum Gasteiger partial charge on any atom is 0.164 e. The smallest absolute Gasteiger partial charge is 0.164 e. The fourth-order valence-electron chi connectivity index (χ4n) is 2.54. The highest BCUT2D eigenvalue weighted by Crippen LogP contribution is 2.26. The summed E-state index contributed by atoms with van der Waals surface area (Å²) in [4.78, 5) is 17.7. The zero-order valence-corrected chi connectivity index (χ0v) is 13.5. The van der Waals surface area contributed by atoms with Crippen LogP contribution in [0.2, 0.25) is 0 Å². The van der Waals surface area contributed by atoms with Crippen LogP contribution >= 0.6 is 0 Å². The Morgan fingerprint density at radius 1 is 0.920 bits per heavy atom. The third-order valence-corrected chi connectivity index (χ3v) is 3.72. The largest absolute Gasteiger partial charge is 0.497 e. The number of hydrogen-bond donors (Lipinski definition) is 1. The van der Waals surface area contributed by atoms with Gasteiger partial charge in [0, 0.05) is 23.5 Å². The first-order valence-electron chi connectivity index (χ1n) is 7.79. The fraction of sp³-hybridized carbons (Fsp3) is 0.0526. The van der Waals surface area contributed by atoms with Gasteiger partial charge in [-0.2, -0.15) is 0 Å². The molecule has 1 aromatic carbocycles. The van der Waals surface area contributed by atoms with Gasteiger partial charge in [-0.15, -0.1) is 0 Å². The summed E-state index contributed by atoms with van der Waals surface area (Å²) in [5.74, 6) is 3.37. The zero-order chi connectivity index (χ0) is 17.1. The van der Waals surface area contributed by atoms with E-state index >= 15 is 0 Å². The molecule has 2 aromatic heterocycles. The van der Waals surface area contributed by atoms with E-state index in [9.17, 15) is 0 Å². The van der Waals surface area contributed by atoms with Crippen LogP contribution in [0.5, 0.6) is 5.75 Å². The molecule has 1 aliphatic rings. The number of anilines is 1. The molecule has 0 bridgehead atoms. The van der Waals surface area contributed by atoms with Crippen molar-refractivity contribution >= 4 is 23.3 Å². The summed E-state index contributed by atoms with van der Waals surface area (Å²) in [7, 11) is 1.64. The summed E-state index contributed by atoms with van der Waals surface area (Å²) in [6.07, 6.45) is 3.44. The summed E-state index contributed by atoms with van der Waals surface area (Å²) >= 11 is 0. The zero-order valence-electron chi connectivity index (χ0n) is 13.5. The van der Waals surface area contributed by atoms with E-state index in [1.807, 2.05) is 54.6 Å². The Kier molecular flexibility index (Phi) is 3.92. The SMILES string of the molecule is COc1ccc2c(c1)/C(=N/c1ccccn1)N=C2Nc1ccccn1. The number of rotatable bonds is 3. The molecule has 0 unspecified atom stereocenters. The molecule has 0 saturated heterocycles. The van der Waals surface area contributed by atoms with E-state index in [-0.39, 0.29) is 0 Å². The maximum atomic E-state index is 5.34. The molecule has 3 aromatic rings. The summed E-state index contributed by atoms with van der Waals surface area (Å²) in [6.45, 7) is 0. The molecule has 0 spiro atoms. The molecule has 4 rings (SSSR count). The number of nitrogens with one attached hydrogen (secondary N) is 1. The van der Waals surface area contributed by atoms with E-state index in [4.69, 9.17) is 4.74 Å². The van der Waals surface area contributed by atoms with Crippen molar-refractivity contribution in [1.82, 2.24) is 9.97 Å². The van der Waals surface area contributed by atoms with Crippen LogP contribution in [0.25, 0.3) is 0 Å². The molecule has 0 radical (unpaired) electrons. The van der Waals surface area contributed by atoms with E-state index in [0.29, 0.717) is 17.5 Å². The van der Waals surface area contributed by atoms with Gasteiger partial charge >= 0.3 is 0 Å². The maximum absolute atomic E-state index is 5.34. The van der Waals surface area contributed by atoms with Crippen molar-refractivity contribution in [3.63, 3.8) is 0 Å². The third-order valence-electron chi connectivity index (χ3n) is 3.72. The van der Waals surface area contributed by atoms with Gasteiger partial charge in [0.25, 0.3) is 0 Å². The van der Waals surface area contributed by atoms with Crippen LogP contribution in [0.1, 0.15) is 11.1 Å². The first kappa shape index (κ1) is 15.0. The van der Waals surface area contributed by atoms with Crippen molar-refractivity contribution in [3.05, 3.63) is 78.1 Å². The lowest BCUT2D eigenvalue weighted by Gasteiger charge is -2.07. The number of aromatic nitrogens is 2. The van der Waals surface area contributed by atoms with Gasteiger partial charge in [0.05, 0.1) is 7.11 Å².